The van der Waals surface area contributed by atoms with Gasteiger partial charge in [-0.3, -0.25) is 0 Å². The molecule has 108 valence electrons. The number of rotatable bonds is 5. The van der Waals surface area contributed by atoms with E-state index in [9.17, 15) is 0 Å². The third-order valence-electron chi connectivity index (χ3n) is 3.13. The van der Waals surface area contributed by atoms with Crippen LogP contribution in [0, 0.1) is 13.8 Å². The first-order valence-electron chi connectivity index (χ1n) is 6.80. The molecule has 0 aliphatic rings. The number of hydrogen-bond donors (Lipinski definition) is 0. The molecule has 0 atom stereocenters. The summed E-state index contributed by atoms with van der Waals surface area (Å²) < 4.78 is 5.61. The van der Waals surface area contributed by atoms with Gasteiger partial charge in [-0.15, -0.1) is 0 Å². The maximum Gasteiger partial charge on any atom is 0.137 e. The monoisotopic (exact) mass is 293 g/mol. The summed E-state index contributed by atoms with van der Waals surface area (Å²) in [6, 6.07) is 3.95. The molecule has 4 nitrogen and oxygen atoms in total. The highest BCUT2D eigenvalue weighted by Crippen LogP contribution is 2.24. The van der Waals surface area contributed by atoms with Crippen molar-refractivity contribution >= 4 is 17.4 Å². The highest BCUT2D eigenvalue weighted by atomic mass is 35.5. The van der Waals surface area contributed by atoms with Crippen molar-refractivity contribution in [3.63, 3.8) is 0 Å². The molecule has 2 aromatic rings. The summed E-state index contributed by atoms with van der Waals surface area (Å²) in [6.45, 7) is 6.65. The van der Waals surface area contributed by atoms with Gasteiger partial charge in [-0.1, -0.05) is 18.5 Å². The van der Waals surface area contributed by atoms with Gasteiger partial charge in [-0.25, -0.2) is 9.97 Å². The van der Waals surface area contributed by atoms with Crippen LogP contribution in [0.4, 0.5) is 5.82 Å². The summed E-state index contributed by atoms with van der Waals surface area (Å²) >= 11 is 6.20. The molecule has 0 saturated heterocycles. The molecular formula is C15H20ClN3O. The van der Waals surface area contributed by atoms with E-state index < -0.39 is 0 Å². The first-order chi connectivity index (χ1) is 9.51. The molecule has 0 bridgehead atoms. The Hall–Kier alpha value is -1.55. The lowest BCUT2D eigenvalue weighted by Crippen LogP contribution is -2.20. The maximum absolute atomic E-state index is 6.20. The molecule has 5 heteroatoms. The average Bonchev–Trinajstić information content (AvgIpc) is 2.79. The average molecular weight is 294 g/mol. The zero-order valence-corrected chi connectivity index (χ0v) is 13.2. The van der Waals surface area contributed by atoms with Crippen LogP contribution in [0.3, 0.4) is 0 Å². The summed E-state index contributed by atoms with van der Waals surface area (Å²) in [4.78, 5) is 11.0. The minimum Gasteiger partial charge on any atom is -0.464 e. The minimum atomic E-state index is 0.529. The largest absolute Gasteiger partial charge is 0.464 e. The minimum absolute atomic E-state index is 0.529. The van der Waals surface area contributed by atoms with Gasteiger partial charge in [0.2, 0.25) is 0 Å². The van der Waals surface area contributed by atoms with Crippen LogP contribution in [0.25, 0.3) is 0 Å². The standard InChI is InChI=1S/C15H20ClN3O/c1-5-6-13-17-14(16)11(3)15(18-13)19(4)9-12-8-7-10(2)20-12/h7-8H,5-6,9H2,1-4H3. The van der Waals surface area contributed by atoms with E-state index in [0.29, 0.717) is 11.7 Å². The van der Waals surface area contributed by atoms with E-state index >= 15 is 0 Å². The SMILES string of the molecule is CCCc1nc(Cl)c(C)c(N(C)Cc2ccc(C)o2)n1. The number of nitrogens with zero attached hydrogens (tertiary/aromatic N) is 3. The zero-order chi connectivity index (χ0) is 14.7. The molecule has 0 fully saturated rings. The molecule has 0 unspecified atom stereocenters. The van der Waals surface area contributed by atoms with Crippen molar-refractivity contribution in [2.45, 2.75) is 40.2 Å². The van der Waals surface area contributed by atoms with Crippen LogP contribution in [0.5, 0.6) is 0 Å². The number of hydrogen-bond acceptors (Lipinski definition) is 4. The Balaban J connectivity index is 2.25. The number of furan rings is 1. The third kappa shape index (κ3) is 3.31. The summed E-state index contributed by atoms with van der Waals surface area (Å²) in [6.07, 6.45) is 1.83. The Morgan fingerprint density at radius 3 is 2.60 bits per heavy atom. The Morgan fingerprint density at radius 1 is 1.25 bits per heavy atom. The Morgan fingerprint density at radius 2 is 2.00 bits per heavy atom. The van der Waals surface area contributed by atoms with Crippen molar-refractivity contribution in [2.24, 2.45) is 0 Å². The van der Waals surface area contributed by atoms with Crippen molar-refractivity contribution in [3.8, 4) is 0 Å². The predicted molar refractivity (Wildman–Crippen MR) is 81.3 cm³/mol. The summed E-state index contributed by atoms with van der Waals surface area (Å²) in [5.74, 6) is 3.48. The smallest absolute Gasteiger partial charge is 0.137 e. The fourth-order valence-corrected chi connectivity index (χ4v) is 2.29. The molecule has 0 spiro atoms. The highest BCUT2D eigenvalue weighted by molar-refractivity contribution is 6.30. The van der Waals surface area contributed by atoms with E-state index in [1.807, 2.05) is 37.9 Å². The predicted octanol–water partition coefficient (Wildman–Crippen LogP) is 3.93. The van der Waals surface area contributed by atoms with Gasteiger partial charge in [0.05, 0.1) is 6.54 Å². The number of halogens is 1. The second-order valence-electron chi connectivity index (χ2n) is 5.00. The third-order valence-corrected chi connectivity index (χ3v) is 3.50. The molecule has 20 heavy (non-hydrogen) atoms. The van der Waals surface area contributed by atoms with Crippen LogP contribution in [-0.2, 0) is 13.0 Å². The topological polar surface area (TPSA) is 42.2 Å². The lowest BCUT2D eigenvalue weighted by molar-refractivity contribution is 0.481. The first-order valence-corrected chi connectivity index (χ1v) is 7.18. The quantitative estimate of drug-likeness (QED) is 0.783. The molecule has 0 N–H and O–H groups in total. The van der Waals surface area contributed by atoms with Gasteiger partial charge in [0.15, 0.2) is 0 Å². The van der Waals surface area contributed by atoms with Crippen LogP contribution in [0.15, 0.2) is 16.5 Å². The Labute approximate surface area is 124 Å². The van der Waals surface area contributed by atoms with E-state index in [1.54, 1.807) is 0 Å². The van der Waals surface area contributed by atoms with E-state index in [-0.39, 0.29) is 0 Å². The molecule has 0 radical (unpaired) electrons. The lowest BCUT2D eigenvalue weighted by Gasteiger charge is -2.20. The fourth-order valence-electron chi connectivity index (χ4n) is 2.11. The van der Waals surface area contributed by atoms with E-state index in [1.165, 1.54) is 0 Å². The summed E-state index contributed by atoms with van der Waals surface area (Å²) in [7, 11) is 1.99. The van der Waals surface area contributed by atoms with Gasteiger partial charge < -0.3 is 9.32 Å². The van der Waals surface area contributed by atoms with Crippen molar-refractivity contribution in [2.75, 3.05) is 11.9 Å². The molecular weight excluding hydrogens is 274 g/mol. The second kappa shape index (κ2) is 6.27. The van der Waals surface area contributed by atoms with Crippen molar-refractivity contribution in [1.82, 2.24) is 9.97 Å². The molecule has 2 aromatic heterocycles. The van der Waals surface area contributed by atoms with Gasteiger partial charge >= 0.3 is 0 Å². The van der Waals surface area contributed by atoms with E-state index in [0.717, 1.165) is 41.6 Å². The number of aromatic nitrogens is 2. The number of aryl methyl sites for hydroxylation is 2. The summed E-state index contributed by atoms with van der Waals surface area (Å²) in [5.41, 5.74) is 0.900. The van der Waals surface area contributed by atoms with Crippen LogP contribution < -0.4 is 4.90 Å². The molecule has 0 aromatic carbocycles. The second-order valence-corrected chi connectivity index (χ2v) is 5.36. The molecule has 2 rings (SSSR count). The summed E-state index contributed by atoms with van der Waals surface area (Å²) in [5, 5.41) is 0.529. The van der Waals surface area contributed by atoms with Gasteiger partial charge in [0.1, 0.15) is 28.3 Å². The van der Waals surface area contributed by atoms with Crippen molar-refractivity contribution in [3.05, 3.63) is 40.2 Å². The highest BCUT2D eigenvalue weighted by Gasteiger charge is 2.14. The van der Waals surface area contributed by atoms with E-state index in [4.69, 9.17) is 16.0 Å². The normalized spacial score (nSPS) is 10.8. The molecule has 0 saturated carbocycles. The number of anilines is 1. The van der Waals surface area contributed by atoms with Gasteiger partial charge in [-0.2, -0.15) is 0 Å². The van der Waals surface area contributed by atoms with Crippen LogP contribution in [-0.4, -0.2) is 17.0 Å². The van der Waals surface area contributed by atoms with Gasteiger partial charge in [-0.05, 0) is 32.4 Å². The molecule has 0 aliphatic carbocycles. The van der Waals surface area contributed by atoms with E-state index in [2.05, 4.69) is 16.9 Å². The van der Waals surface area contributed by atoms with Gasteiger partial charge in [0.25, 0.3) is 0 Å². The Kier molecular flexibility index (Phi) is 4.65. The molecule has 0 amide bonds. The Bertz CT molecular complexity index is 595. The van der Waals surface area contributed by atoms with Crippen LogP contribution in [0.2, 0.25) is 5.15 Å². The van der Waals surface area contributed by atoms with Crippen LogP contribution in [0.1, 0.15) is 36.3 Å². The van der Waals surface area contributed by atoms with Gasteiger partial charge in [0, 0.05) is 19.0 Å². The molecule has 0 aliphatic heterocycles. The first kappa shape index (κ1) is 14.9. The van der Waals surface area contributed by atoms with Crippen molar-refractivity contribution < 1.29 is 4.42 Å². The lowest BCUT2D eigenvalue weighted by atomic mass is 10.2. The van der Waals surface area contributed by atoms with Crippen molar-refractivity contribution in [1.29, 1.82) is 0 Å². The maximum atomic E-state index is 6.20. The fraction of sp³-hybridized carbons (Fsp3) is 0.467. The zero-order valence-electron chi connectivity index (χ0n) is 12.4. The van der Waals surface area contributed by atoms with Crippen LogP contribution >= 0.6 is 11.6 Å². The molecule has 2 heterocycles.